The van der Waals surface area contributed by atoms with Gasteiger partial charge in [0.25, 0.3) is 0 Å². The molecule has 57 heavy (non-hydrogen) atoms. The normalized spacial score (nSPS) is 11.3. The van der Waals surface area contributed by atoms with Crippen LogP contribution < -0.4 is 18.9 Å². The lowest BCUT2D eigenvalue weighted by Gasteiger charge is -2.07. The van der Waals surface area contributed by atoms with Gasteiger partial charge in [-0.25, -0.2) is 0 Å². The van der Waals surface area contributed by atoms with Crippen molar-refractivity contribution < 1.29 is 28.5 Å². The molecule has 0 fully saturated rings. The van der Waals surface area contributed by atoms with Gasteiger partial charge in [0.1, 0.15) is 23.0 Å². The van der Waals surface area contributed by atoms with Gasteiger partial charge in [-0.05, 0) is 133 Å². The minimum Gasteiger partial charge on any atom is -0.494 e. The van der Waals surface area contributed by atoms with E-state index in [9.17, 15) is 20.1 Å². The van der Waals surface area contributed by atoms with Crippen molar-refractivity contribution in [2.24, 2.45) is 0 Å². The van der Waals surface area contributed by atoms with Gasteiger partial charge in [-0.3, -0.25) is 9.59 Å². The zero-order valence-electron chi connectivity index (χ0n) is 33.3. The summed E-state index contributed by atoms with van der Waals surface area (Å²) < 4.78 is 22.6. The third-order valence-electron chi connectivity index (χ3n) is 9.21. The largest absolute Gasteiger partial charge is 0.494 e. The molecule has 4 aromatic carbocycles. The van der Waals surface area contributed by atoms with Crippen LogP contribution in [0.5, 0.6) is 23.0 Å². The zero-order chi connectivity index (χ0) is 40.5. The van der Waals surface area contributed by atoms with Gasteiger partial charge in [0.05, 0.1) is 36.5 Å². The fraction of sp³-hybridized carbons (Fsp3) is 0.347. The number of unbranched alkanes of at least 4 members (excludes halogenated alkanes) is 8. The standard InChI is InChI=1S/C49H54N2O6/c1-3-5-7-12-32-54-44-28-20-40(21-29-44)42(36-50)34-38-16-24-46(25-17-38)56-48(52)14-10-9-11-15-49(53)57-47-26-18-39(19-27-47)35-43(37-51)41-22-30-45(31-23-41)55-33-13-8-6-4-2/h16-31,34-35H,3-15,32-33H2,1-2H3/b42-34-,43-35+. The third kappa shape index (κ3) is 16.3. The Hall–Kier alpha value is -6.12. The molecule has 0 bridgehead atoms. The smallest absolute Gasteiger partial charge is 0.311 e. The molecule has 0 amide bonds. The molecule has 0 aliphatic carbocycles. The van der Waals surface area contributed by atoms with Crippen LogP contribution in [0.4, 0.5) is 0 Å². The second kappa shape index (κ2) is 25.1. The first-order valence-electron chi connectivity index (χ1n) is 20.2. The third-order valence-corrected chi connectivity index (χ3v) is 9.21. The molecule has 0 radical (unpaired) electrons. The van der Waals surface area contributed by atoms with Crippen molar-refractivity contribution in [1.29, 1.82) is 10.5 Å². The Morgan fingerprint density at radius 1 is 0.474 bits per heavy atom. The summed E-state index contributed by atoms with van der Waals surface area (Å²) in [6.45, 7) is 5.74. The topological polar surface area (TPSA) is 119 Å². The van der Waals surface area contributed by atoms with Gasteiger partial charge in [-0.2, -0.15) is 10.5 Å². The number of nitriles is 2. The molecule has 0 N–H and O–H groups in total. The Kier molecular flexibility index (Phi) is 19.2. The highest BCUT2D eigenvalue weighted by Gasteiger charge is 2.09. The van der Waals surface area contributed by atoms with E-state index in [0.29, 0.717) is 55.1 Å². The van der Waals surface area contributed by atoms with Crippen molar-refractivity contribution in [2.45, 2.75) is 97.3 Å². The fourth-order valence-electron chi connectivity index (χ4n) is 5.94. The maximum atomic E-state index is 12.4. The molecular weight excluding hydrogens is 713 g/mol. The van der Waals surface area contributed by atoms with E-state index in [0.717, 1.165) is 59.4 Å². The lowest BCUT2D eigenvalue weighted by molar-refractivity contribution is -0.134. The second-order valence-corrected chi connectivity index (χ2v) is 13.9. The molecule has 8 heteroatoms. The number of carbonyl (C=O) groups excluding carboxylic acids is 2. The van der Waals surface area contributed by atoms with E-state index in [1.165, 1.54) is 25.7 Å². The van der Waals surface area contributed by atoms with E-state index < -0.39 is 0 Å². The van der Waals surface area contributed by atoms with Gasteiger partial charge in [0.15, 0.2) is 0 Å². The van der Waals surface area contributed by atoms with Gasteiger partial charge in [0.2, 0.25) is 0 Å². The molecule has 0 spiro atoms. The molecule has 0 aliphatic heterocycles. The van der Waals surface area contributed by atoms with Crippen LogP contribution >= 0.6 is 0 Å². The Bertz CT molecular complexity index is 1820. The summed E-state index contributed by atoms with van der Waals surface area (Å²) in [5.74, 6) is 1.74. The Morgan fingerprint density at radius 2 is 0.825 bits per heavy atom. The minimum atomic E-state index is -0.348. The van der Waals surface area contributed by atoms with Crippen LogP contribution in [0.1, 0.15) is 120 Å². The number of carbonyl (C=O) groups is 2. The van der Waals surface area contributed by atoms with E-state index >= 15 is 0 Å². The summed E-state index contributed by atoms with van der Waals surface area (Å²) >= 11 is 0. The highest BCUT2D eigenvalue weighted by atomic mass is 16.5. The van der Waals surface area contributed by atoms with Crippen molar-refractivity contribution in [2.75, 3.05) is 13.2 Å². The number of ether oxygens (including phenoxy) is 4. The quantitative estimate of drug-likeness (QED) is 0.0227. The number of rotatable bonds is 24. The Balaban J connectivity index is 1.13. The molecule has 0 aromatic heterocycles. The van der Waals surface area contributed by atoms with Crippen LogP contribution in [0.2, 0.25) is 0 Å². The average molecular weight is 767 g/mol. The van der Waals surface area contributed by atoms with Crippen LogP contribution in [-0.2, 0) is 9.59 Å². The average Bonchev–Trinajstić information content (AvgIpc) is 3.23. The Labute approximate surface area is 338 Å². The maximum Gasteiger partial charge on any atom is 0.311 e. The predicted octanol–water partition coefficient (Wildman–Crippen LogP) is 12.2. The summed E-state index contributed by atoms with van der Waals surface area (Å²) in [4.78, 5) is 24.9. The highest BCUT2D eigenvalue weighted by molar-refractivity contribution is 5.90. The number of hydrogen-bond donors (Lipinski definition) is 0. The number of allylic oxidation sites excluding steroid dienone is 2. The van der Waals surface area contributed by atoms with Crippen molar-refractivity contribution in [3.05, 3.63) is 119 Å². The van der Waals surface area contributed by atoms with Gasteiger partial charge in [0, 0.05) is 12.8 Å². The molecule has 0 aliphatic rings. The van der Waals surface area contributed by atoms with Crippen LogP contribution in [0, 0.1) is 22.7 Å². The molecule has 4 aromatic rings. The first-order valence-corrected chi connectivity index (χ1v) is 20.2. The fourth-order valence-corrected chi connectivity index (χ4v) is 5.94. The highest BCUT2D eigenvalue weighted by Crippen LogP contribution is 2.25. The molecule has 0 unspecified atom stereocenters. The summed E-state index contributed by atoms with van der Waals surface area (Å²) in [7, 11) is 0. The molecule has 0 saturated carbocycles. The van der Waals surface area contributed by atoms with E-state index in [2.05, 4.69) is 26.0 Å². The number of benzene rings is 4. The molecule has 0 heterocycles. The number of esters is 2. The second-order valence-electron chi connectivity index (χ2n) is 13.9. The van der Waals surface area contributed by atoms with Gasteiger partial charge in [-0.15, -0.1) is 0 Å². The molecule has 0 saturated heterocycles. The molecule has 0 atom stereocenters. The van der Waals surface area contributed by atoms with Crippen LogP contribution in [0.3, 0.4) is 0 Å². The summed E-state index contributed by atoms with van der Waals surface area (Å²) in [6.07, 6.45) is 15.1. The maximum absolute atomic E-state index is 12.4. The molecular formula is C49H54N2O6. The molecule has 296 valence electrons. The van der Waals surface area contributed by atoms with E-state index in [1.807, 2.05) is 48.5 Å². The molecule has 4 rings (SSSR count). The lowest BCUT2D eigenvalue weighted by atomic mass is 10.0. The van der Waals surface area contributed by atoms with Crippen molar-refractivity contribution >= 4 is 35.2 Å². The first kappa shape index (κ1) is 43.6. The van der Waals surface area contributed by atoms with Crippen molar-refractivity contribution in [1.82, 2.24) is 0 Å². The van der Waals surface area contributed by atoms with Crippen molar-refractivity contribution in [3.8, 4) is 35.1 Å². The van der Waals surface area contributed by atoms with Crippen LogP contribution in [0.15, 0.2) is 97.1 Å². The monoisotopic (exact) mass is 766 g/mol. The van der Waals surface area contributed by atoms with E-state index in [1.54, 1.807) is 60.7 Å². The summed E-state index contributed by atoms with van der Waals surface area (Å²) in [6, 6.07) is 33.7. The van der Waals surface area contributed by atoms with Gasteiger partial charge >= 0.3 is 11.9 Å². The SMILES string of the molecule is CCCCCCOc1ccc(/C(C#N)=C/c2ccc(OC(=O)CCCCCC(=O)Oc3ccc(/C=C(/C#N)c4ccc(OCCCCCC)cc4)cc3)cc2)cc1. The summed E-state index contributed by atoms with van der Waals surface area (Å²) in [5.41, 5.74) is 4.26. The van der Waals surface area contributed by atoms with Gasteiger partial charge in [-0.1, -0.05) is 83.1 Å². The van der Waals surface area contributed by atoms with Crippen LogP contribution in [0.25, 0.3) is 23.3 Å². The summed E-state index contributed by atoms with van der Waals surface area (Å²) in [5, 5.41) is 19.5. The Morgan fingerprint density at radius 3 is 1.18 bits per heavy atom. The van der Waals surface area contributed by atoms with Crippen LogP contribution in [-0.4, -0.2) is 25.2 Å². The number of hydrogen-bond acceptors (Lipinski definition) is 8. The lowest BCUT2D eigenvalue weighted by Crippen LogP contribution is -2.09. The van der Waals surface area contributed by atoms with E-state index in [4.69, 9.17) is 18.9 Å². The predicted molar refractivity (Wildman–Crippen MR) is 226 cm³/mol. The number of nitrogens with zero attached hydrogens (tertiary/aromatic N) is 2. The van der Waals surface area contributed by atoms with Crippen molar-refractivity contribution in [3.63, 3.8) is 0 Å². The van der Waals surface area contributed by atoms with Gasteiger partial charge < -0.3 is 18.9 Å². The molecule has 8 nitrogen and oxygen atoms in total. The zero-order valence-corrected chi connectivity index (χ0v) is 33.3. The minimum absolute atomic E-state index is 0.227. The first-order chi connectivity index (χ1) is 27.9. The van der Waals surface area contributed by atoms with E-state index in [-0.39, 0.29) is 24.8 Å².